The lowest BCUT2D eigenvalue weighted by Gasteiger charge is -2.20. The Morgan fingerprint density at radius 3 is 2.64 bits per heavy atom. The van der Waals surface area contributed by atoms with E-state index in [1.807, 2.05) is 19.1 Å². The summed E-state index contributed by atoms with van der Waals surface area (Å²) < 4.78 is 10.7. The quantitative estimate of drug-likeness (QED) is 0.780. The molecule has 132 valence electrons. The van der Waals surface area contributed by atoms with Crippen molar-refractivity contribution in [2.24, 2.45) is 0 Å². The van der Waals surface area contributed by atoms with Gasteiger partial charge in [0.15, 0.2) is 5.54 Å². The van der Waals surface area contributed by atoms with Gasteiger partial charge in [-0.1, -0.05) is 17.7 Å². The fourth-order valence-corrected chi connectivity index (χ4v) is 2.68. The van der Waals surface area contributed by atoms with Gasteiger partial charge in [-0.05, 0) is 38.1 Å². The summed E-state index contributed by atoms with van der Waals surface area (Å²) in [5, 5.41) is 12.7. The average molecular weight is 344 g/mol. The first-order valence-corrected chi connectivity index (χ1v) is 7.96. The lowest BCUT2D eigenvalue weighted by Crippen LogP contribution is -2.42. The number of carbonyl (C=O) groups excluding carboxylic acids is 2. The van der Waals surface area contributed by atoms with Crippen molar-refractivity contribution in [3.05, 3.63) is 54.0 Å². The molecular weight excluding hydrogens is 324 g/mol. The van der Waals surface area contributed by atoms with Crippen LogP contribution < -0.4 is 10.1 Å². The number of benzene rings is 1. The Balaban J connectivity index is 1.61. The minimum Gasteiger partial charge on any atom is -0.491 e. The molecule has 1 aliphatic rings. The summed E-state index contributed by atoms with van der Waals surface area (Å²) in [7, 11) is 0. The number of hydrogen-bond acceptors (Lipinski definition) is 5. The predicted octanol–water partition coefficient (Wildman–Crippen LogP) is 1.79. The minimum absolute atomic E-state index is 0.0302. The molecule has 0 aliphatic carbocycles. The maximum atomic E-state index is 12.6. The number of furan rings is 1. The van der Waals surface area contributed by atoms with Crippen molar-refractivity contribution in [3.8, 4) is 5.75 Å². The number of ether oxygens (including phenoxy) is 1. The number of imide groups is 1. The Morgan fingerprint density at radius 1 is 1.28 bits per heavy atom. The molecule has 1 aromatic heterocycles. The van der Waals surface area contributed by atoms with Crippen molar-refractivity contribution in [1.29, 1.82) is 0 Å². The number of amides is 3. The molecule has 0 saturated carbocycles. The van der Waals surface area contributed by atoms with E-state index < -0.39 is 23.6 Å². The molecule has 2 atom stereocenters. The fourth-order valence-electron chi connectivity index (χ4n) is 2.68. The zero-order valence-electron chi connectivity index (χ0n) is 14.1. The highest BCUT2D eigenvalue weighted by Crippen LogP contribution is 2.29. The van der Waals surface area contributed by atoms with Crippen molar-refractivity contribution in [3.63, 3.8) is 0 Å². The number of carbonyl (C=O) groups is 2. The van der Waals surface area contributed by atoms with Gasteiger partial charge in [-0.3, -0.25) is 9.69 Å². The van der Waals surface area contributed by atoms with Crippen molar-refractivity contribution < 1.29 is 23.8 Å². The second-order valence-corrected chi connectivity index (χ2v) is 6.23. The largest absolute Gasteiger partial charge is 0.491 e. The van der Waals surface area contributed by atoms with E-state index in [-0.39, 0.29) is 13.2 Å². The highest BCUT2D eigenvalue weighted by molar-refractivity contribution is 6.06. The zero-order chi connectivity index (χ0) is 18.0. The Hall–Kier alpha value is -2.80. The van der Waals surface area contributed by atoms with Crippen LogP contribution in [0, 0.1) is 6.92 Å². The number of nitrogens with zero attached hydrogens (tertiary/aromatic N) is 1. The van der Waals surface area contributed by atoms with Crippen molar-refractivity contribution in [1.82, 2.24) is 10.2 Å². The van der Waals surface area contributed by atoms with Crippen LogP contribution >= 0.6 is 0 Å². The van der Waals surface area contributed by atoms with Gasteiger partial charge in [0, 0.05) is 0 Å². The molecule has 1 fully saturated rings. The lowest BCUT2D eigenvalue weighted by molar-refractivity contribution is -0.132. The molecule has 0 spiro atoms. The third kappa shape index (κ3) is 3.36. The van der Waals surface area contributed by atoms with E-state index in [9.17, 15) is 14.7 Å². The zero-order valence-corrected chi connectivity index (χ0v) is 14.1. The van der Waals surface area contributed by atoms with Gasteiger partial charge in [-0.2, -0.15) is 0 Å². The third-order valence-electron chi connectivity index (χ3n) is 4.15. The predicted molar refractivity (Wildman–Crippen MR) is 89.0 cm³/mol. The van der Waals surface area contributed by atoms with Crippen LogP contribution in [0.25, 0.3) is 0 Å². The van der Waals surface area contributed by atoms with Gasteiger partial charge in [0.05, 0.1) is 12.8 Å². The summed E-state index contributed by atoms with van der Waals surface area (Å²) in [5.41, 5.74) is -0.164. The van der Waals surface area contributed by atoms with E-state index in [1.54, 1.807) is 31.2 Å². The van der Waals surface area contributed by atoms with E-state index in [4.69, 9.17) is 9.15 Å². The van der Waals surface area contributed by atoms with Gasteiger partial charge < -0.3 is 19.6 Å². The standard InChI is InChI=1S/C18H20N2O5/c1-12-5-7-14(8-6-12)25-11-13(21)10-20-16(22)18(2,19-17(20)23)15-4-3-9-24-15/h3-9,13,21H,10-11H2,1-2H3,(H,19,23)/t13-,18-/m1/s1. The van der Waals surface area contributed by atoms with E-state index in [1.165, 1.54) is 6.26 Å². The maximum Gasteiger partial charge on any atom is 0.325 e. The molecule has 2 heterocycles. The van der Waals surface area contributed by atoms with Crippen LogP contribution in [0.2, 0.25) is 0 Å². The number of aryl methyl sites for hydroxylation is 1. The smallest absolute Gasteiger partial charge is 0.325 e. The summed E-state index contributed by atoms with van der Waals surface area (Å²) in [5.74, 6) is 0.489. The second-order valence-electron chi connectivity index (χ2n) is 6.23. The van der Waals surface area contributed by atoms with Crippen LogP contribution in [0.1, 0.15) is 18.2 Å². The molecular formula is C18H20N2O5. The summed E-state index contributed by atoms with van der Waals surface area (Å²) in [6.45, 7) is 3.35. The fraction of sp³-hybridized carbons (Fsp3) is 0.333. The molecule has 1 aliphatic heterocycles. The van der Waals surface area contributed by atoms with Crippen molar-refractivity contribution in [2.45, 2.75) is 25.5 Å². The van der Waals surface area contributed by atoms with Gasteiger partial charge in [0.2, 0.25) is 0 Å². The second kappa shape index (κ2) is 6.60. The number of hydrogen-bond donors (Lipinski definition) is 2. The number of aliphatic hydroxyl groups excluding tert-OH is 1. The molecule has 0 unspecified atom stereocenters. The number of aliphatic hydroxyl groups is 1. The molecule has 25 heavy (non-hydrogen) atoms. The van der Waals surface area contributed by atoms with E-state index in [0.29, 0.717) is 11.5 Å². The number of nitrogens with one attached hydrogen (secondary N) is 1. The van der Waals surface area contributed by atoms with Crippen LogP contribution in [-0.4, -0.2) is 41.2 Å². The topological polar surface area (TPSA) is 92.0 Å². The van der Waals surface area contributed by atoms with Crippen LogP contribution in [0.15, 0.2) is 47.1 Å². The number of urea groups is 1. The van der Waals surface area contributed by atoms with E-state index in [0.717, 1.165) is 10.5 Å². The molecule has 1 saturated heterocycles. The van der Waals surface area contributed by atoms with E-state index >= 15 is 0 Å². The van der Waals surface area contributed by atoms with Gasteiger partial charge in [-0.15, -0.1) is 0 Å². The van der Waals surface area contributed by atoms with Crippen LogP contribution in [-0.2, 0) is 10.3 Å². The molecule has 2 N–H and O–H groups in total. The molecule has 3 rings (SSSR count). The summed E-state index contributed by atoms with van der Waals surface area (Å²) >= 11 is 0. The molecule has 0 radical (unpaired) electrons. The molecule has 1 aromatic carbocycles. The first-order valence-electron chi connectivity index (χ1n) is 7.96. The molecule has 0 bridgehead atoms. The third-order valence-corrected chi connectivity index (χ3v) is 4.15. The first-order chi connectivity index (χ1) is 11.9. The van der Waals surface area contributed by atoms with Crippen LogP contribution in [0.3, 0.4) is 0 Å². The van der Waals surface area contributed by atoms with Crippen molar-refractivity contribution >= 4 is 11.9 Å². The van der Waals surface area contributed by atoms with Gasteiger partial charge in [0.25, 0.3) is 5.91 Å². The van der Waals surface area contributed by atoms with Crippen LogP contribution in [0.4, 0.5) is 4.79 Å². The number of rotatable bonds is 6. The maximum absolute atomic E-state index is 12.6. The normalized spacial score (nSPS) is 21.3. The highest BCUT2D eigenvalue weighted by atomic mass is 16.5. The van der Waals surface area contributed by atoms with Crippen molar-refractivity contribution in [2.75, 3.05) is 13.2 Å². The van der Waals surface area contributed by atoms with E-state index in [2.05, 4.69) is 5.32 Å². The molecule has 3 amide bonds. The SMILES string of the molecule is Cc1ccc(OC[C@H](O)CN2C(=O)N[C@](C)(c3ccco3)C2=O)cc1. The van der Waals surface area contributed by atoms with Gasteiger partial charge in [-0.25, -0.2) is 4.79 Å². The lowest BCUT2D eigenvalue weighted by atomic mass is 9.99. The Kier molecular flexibility index (Phi) is 4.50. The molecule has 7 heteroatoms. The Labute approximate surface area is 145 Å². The summed E-state index contributed by atoms with van der Waals surface area (Å²) in [6.07, 6.45) is 0.433. The minimum atomic E-state index is -1.27. The number of β-amino-alcohol motifs (C(OH)–C–C–N with tert-alkyl or cyclic N) is 1. The molecule has 2 aromatic rings. The average Bonchev–Trinajstić information content (AvgIpc) is 3.19. The Bertz CT molecular complexity index is 756. The van der Waals surface area contributed by atoms with Gasteiger partial charge in [0.1, 0.15) is 24.2 Å². The Morgan fingerprint density at radius 2 is 2.00 bits per heavy atom. The molecule has 7 nitrogen and oxygen atoms in total. The van der Waals surface area contributed by atoms with Crippen LogP contribution in [0.5, 0.6) is 5.75 Å². The highest BCUT2D eigenvalue weighted by Gasteiger charge is 2.51. The van der Waals surface area contributed by atoms with Gasteiger partial charge >= 0.3 is 6.03 Å². The summed E-state index contributed by atoms with van der Waals surface area (Å²) in [4.78, 5) is 25.7. The summed E-state index contributed by atoms with van der Waals surface area (Å²) in [6, 6.07) is 10.1. The first kappa shape index (κ1) is 17.0. The monoisotopic (exact) mass is 344 g/mol.